The summed E-state index contributed by atoms with van der Waals surface area (Å²) in [6.07, 6.45) is -0.0162. The quantitative estimate of drug-likeness (QED) is 0.858. The van der Waals surface area contributed by atoms with Gasteiger partial charge in [-0.15, -0.1) is 0 Å². The van der Waals surface area contributed by atoms with Gasteiger partial charge in [0.2, 0.25) is 0 Å². The first-order valence-electron chi connectivity index (χ1n) is 7.66. The average Bonchev–Trinajstić information content (AvgIpc) is 2.54. The Balaban J connectivity index is 1.76. The summed E-state index contributed by atoms with van der Waals surface area (Å²) in [7, 11) is 0. The minimum absolute atomic E-state index is 0.0162. The maximum Gasteiger partial charge on any atom is 0.251 e. The maximum atomic E-state index is 13.6. The fraction of sp³-hybridized carbons (Fsp3) is 0.222. The highest BCUT2D eigenvalue weighted by molar-refractivity contribution is 8.01. The summed E-state index contributed by atoms with van der Waals surface area (Å²) in [5.41, 5.74) is 0.361. The number of aliphatic hydroxyl groups is 1. The number of ketones is 1. The first-order chi connectivity index (χ1) is 12.2. The van der Waals surface area contributed by atoms with E-state index in [-0.39, 0.29) is 17.8 Å². The number of amides is 1. The molecule has 1 amide bonds. The van der Waals surface area contributed by atoms with E-state index in [1.165, 1.54) is 19.1 Å². The molecule has 0 spiro atoms. The summed E-state index contributed by atoms with van der Waals surface area (Å²) in [6, 6.07) is 5.68. The van der Waals surface area contributed by atoms with E-state index < -0.39 is 40.4 Å². The fourth-order valence-corrected chi connectivity index (χ4v) is 3.59. The number of hydrogen-bond donors (Lipinski definition) is 2. The molecule has 0 saturated heterocycles. The minimum atomic E-state index is -1.51. The number of halogens is 3. The van der Waals surface area contributed by atoms with Gasteiger partial charge in [0.25, 0.3) is 5.91 Å². The normalized spacial score (nSPS) is 19.2. The van der Waals surface area contributed by atoms with Gasteiger partial charge in [-0.05, 0) is 30.7 Å². The van der Waals surface area contributed by atoms with Crippen LogP contribution in [0.15, 0.2) is 35.2 Å². The summed E-state index contributed by atoms with van der Waals surface area (Å²) in [6.45, 7) is 0.964. The van der Waals surface area contributed by atoms with Crippen LogP contribution >= 0.6 is 11.8 Å². The predicted molar refractivity (Wildman–Crippen MR) is 89.1 cm³/mol. The van der Waals surface area contributed by atoms with Crippen LogP contribution in [-0.2, 0) is 17.8 Å². The molecule has 8 heteroatoms. The van der Waals surface area contributed by atoms with Gasteiger partial charge >= 0.3 is 0 Å². The number of carbonyl (C=O) groups is 2. The maximum absolute atomic E-state index is 13.6. The van der Waals surface area contributed by atoms with Crippen molar-refractivity contribution in [3.05, 3.63) is 64.5 Å². The van der Waals surface area contributed by atoms with E-state index in [1.54, 1.807) is 6.07 Å². The summed E-state index contributed by atoms with van der Waals surface area (Å²) in [5.74, 6) is -4.17. The highest BCUT2D eigenvalue weighted by Gasteiger charge is 2.36. The van der Waals surface area contributed by atoms with Gasteiger partial charge in [-0.1, -0.05) is 11.8 Å². The molecule has 0 bridgehead atoms. The first-order valence-corrected chi connectivity index (χ1v) is 8.48. The highest BCUT2D eigenvalue weighted by Crippen LogP contribution is 2.39. The second kappa shape index (κ2) is 6.77. The van der Waals surface area contributed by atoms with Crippen LogP contribution in [0.2, 0.25) is 0 Å². The van der Waals surface area contributed by atoms with Gasteiger partial charge in [0.05, 0.1) is 0 Å². The number of hydrogen-bond acceptors (Lipinski definition) is 4. The van der Waals surface area contributed by atoms with Crippen LogP contribution in [0.1, 0.15) is 28.4 Å². The van der Waals surface area contributed by atoms with Crippen molar-refractivity contribution in [3.63, 3.8) is 0 Å². The Morgan fingerprint density at radius 1 is 1.23 bits per heavy atom. The molecule has 0 aromatic heterocycles. The molecular formula is C18H14F3NO3S. The van der Waals surface area contributed by atoms with Crippen LogP contribution < -0.4 is 5.32 Å². The SMILES string of the molecule is CC1(O)Sc2ccc(C(=O)NCc3c(F)cc(F)cc3F)cc2CC1=O. The molecule has 1 heterocycles. The predicted octanol–water partition coefficient (Wildman–Crippen LogP) is 2.96. The van der Waals surface area contributed by atoms with Crippen LogP contribution in [-0.4, -0.2) is 21.7 Å². The molecule has 3 rings (SSSR count). The number of thioether (sulfide) groups is 1. The van der Waals surface area contributed by atoms with Crippen LogP contribution in [0.25, 0.3) is 0 Å². The molecule has 1 atom stereocenters. The third-order valence-electron chi connectivity index (χ3n) is 4.03. The zero-order valence-electron chi connectivity index (χ0n) is 13.6. The molecular weight excluding hydrogens is 367 g/mol. The Kier molecular flexibility index (Phi) is 4.81. The second-order valence-corrected chi connectivity index (χ2v) is 7.48. The molecule has 0 radical (unpaired) electrons. The smallest absolute Gasteiger partial charge is 0.251 e. The number of fused-ring (bicyclic) bond motifs is 1. The Morgan fingerprint density at radius 3 is 2.54 bits per heavy atom. The van der Waals surface area contributed by atoms with Crippen molar-refractivity contribution < 1.29 is 27.9 Å². The molecule has 2 aromatic carbocycles. The Labute approximate surface area is 151 Å². The lowest BCUT2D eigenvalue weighted by molar-refractivity contribution is -0.128. The summed E-state index contributed by atoms with van der Waals surface area (Å²) < 4.78 is 40.1. The molecule has 1 aliphatic heterocycles. The molecule has 2 N–H and O–H groups in total. The zero-order chi connectivity index (χ0) is 19.1. The molecule has 1 aliphatic rings. The van der Waals surface area contributed by atoms with Crippen LogP contribution in [0.3, 0.4) is 0 Å². The van der Waals surface area contributed by atoms with Crippen molar-refractivity contribution in [2.24, 2.45) is 0 Å². The van der Waals surface area contributed by atoms with E-state index >= 15 is 0 Å². The van der Waals surface area contributed by atoms with Crippen LogP contribution in [0.5, 0.6) is 0 Å². The molecule has 4 nitrogen and oxygen atoms in total. The summed E-state index contributed by atoms with van der Waals surface area (Å²) in [5, 5.41) is 12.4. The van der Waals surface area contributed by atoms with Crippen molar-refractivity contribution in [1.29, 1.82) is 0 Å². The van der Waals surface area contributed by atoms with Crippen molar-refractivity contribution in [2.75, 3.05) is 0 Å². The van der Waals surface area contributed by atoms with Gasteiger partial charge in [-0.25, -0.2) is 13.2 Å². The fourth-order valence-electron chi connectivity index (χ4n) is 2.58. The van der Waals surface area contributed by atoms with E-state index in [9.17, 15) is 27.9 Å². The Bertz CT molecular complexity index is 892. The summed E-state index contributed by atoms with van der Waals surface area (Å²) in [4.78, 5) is 23.3. The van der Waals surface area contributed by atoms with Gasteiger partial charge in [0.15, 0.2) is 10.7 Å². The van der Waals surface area contributed by atoms with Gasteiger partial charge in [-0.3, -0.25) is 9.59 Å². The second-order valence-electron chi connectivity index (χ2n) is 6.04. The number of benzene rings is 2. The lowest BCUT2D eigenvalue weighted by Crippen LogP contribution is -2.36. The number of nitrogens with one attached hydrogen (secondary N) is 1. The van der Waals surface area contributed by atoms with Crippen LogP contribution in [0.4, 0.5) is 13.2 Å². The summed E-state index contributed by atoms with van der Waals surface area (Å²) >= 11 is 0.998. The zero-order valence-corrected chi connectivity index (χ0v) is 14.4. The molecule has 2 aromatic rings. The molecule has 0 aliphatic carbocycles. The topological polar surface area (TPSA) is 66.4 Å². The third-order valence-corrected chi connectivity index (χ3v) is 5.27. The largest absolute Gasteiger partial charge is 0.372 e. The van der Waals surface area contributed by atoms with Gasteiger partial charge < -0.3 is 10.4 Å². The number of rotatable bonds is 3. The number of carbonyl (C=O) groups excluding carboxylic acids is 2. The van der Waals surface area contributed by atoms with E-state index in [2.05, 4.69) is 5.32 Å². The van der Waals surface area contributed by atoms with Crippen molar-refractivity contribution in [3.8, 4) is 0 Å². The average molecular weight is 381 g/mol. The molecule has 1 unspecified atom stereocenters. The van der Waals surface area contributed by atoms with Gasteiger partial charge in [-0.2, -0.15) is 0 Å². The lowest BCUT2D eigenvalue weighted by Gasteiger charge is -2.27. The van der Waals surface area contributed by atoms with Crippen molar-refractivity contribution in [2.45, 2.75) is 29.7 Å². The number of Topliss-reactive ketones (excluding diaryl/α,β-unsaturated/α-hetero) is 1. The van der Waals surface area contributed by atoms with E-state index in [0.29, 0.717) is 22.6 Å². The molecule has 136 valence electrons. The molecule has 26 heavy (non-hydrogen) atoms. The van der Waals surface area contributed by atoms with Crippen molar-refractivity contribution >= 4 is 23.5 Å². The lowest BCUT2D eigenvalue weighted by atomic mass is 10.0. The molecule has 0 fully saturated rings. The minimum Gasteiger partial charge on any atom is -0.372 e. The van der Waals surface area contributed by atoms with Gasteiger partial charge in [0.1, 0.15) is 17.5 Å². The standard InChI is InChI=1S/C18H14F3NO3S/c1-18(25)16(23)5-10-4-9(2-3-15(10)26-18)17(24)22-8-12-13(20)6-11(19)7-14(12)21/h2-4,6-7,25H,5,8H2,1H3,(H,22,24). The van der Waals surface area contributed by atoms with Gasteiger partial charge in [0, 0.05) is 41.1 Å². The van der Waals surface area contributed by atoms with E-state index in [0.717, 1.165) is 11.8 Å². The Morgan fingerprint density at radius 2 is 1.88 bits per heavy atom. The van der Waals surface area contributed by atoms with E-state index in [1.807, 2.05) is 0 Å². The molecule has 0 saturated carbocycles. The highest BCUT2D eigenvalue weighted by atomic mass is 32.2. The van der Waals surface area contributed by atoms with Crippen molar-refractivity contribution in [1.82, 2.24) is 5.32 Å². The van der Waals surface area contributed by atoms with E-state index in [4.69, 9.17) is 0 Å². The van der Waals surface area contributed by atoms with Crippen LogP contribution in [0, 0.1) is 17.5 Å². The Hall–Kier alpha value is -2.32. The monoisotopic (exact) mass is 381 g/mol. The first kappa shape index (κ1) is 18.5. The third kappa shape index (κ3) is 3.61.